The van der Waals surface area contributed by atoms with E-state index in [1.165, 1.54) is 25.7 Å². The van der Waals surface area contributed by atoms with E-state index < -0.39 is 0 Å². The fourth-order valence-electron chi connectivity index (χ4n) is 4.25. The summed E-state index contributed by atoms with van der Waals surface area (Å²) in [5.41, 5.74) is 2.79. The Kier molecular flexibility index (Phi) is 1.92. The van der Waals surface area contributed by atoms with Gasteiger partial charge in [-0.15, -0.1) is 0 Å². The number of rotatable bonds is 0. The molecule has 0 heterocycles. The van der Waals surface area contributed by atoms with Gasteiger partial charge in [0.05, 0.1) is 0 Å². The fraction of sp³-hybridized carbons (Fsp3) is 0.867. The summed E-state index contributed by atoms with van der Waals surface area (Å²) in [6, 6.07) is 0. The van der Waals surface area contributed by atoms with Crippen molar-refractivity contribution < 1.29 is 0 Å². The summed E-state index contributed by atoms with van der Waals surface area (Å²) in [7, 11) is 0. The highest BCUT2D eigenvalue weighted by atomic mass is 14.5. The zero-order valence-corrected chi connectivity index (χ0v) is 10.5. The Morgan fingerprint density at radius 2 is 1.67 bits per heavy atom. The van der Waals surface area contributed by atoms with E-state index in [0.29, 0.717) is 10.8 Å². The van der Waals surface area contributed by atoms with Gasteiger partial charge in [-0.05, 0) is 68.1 Å². The van der Waals surface area contributed by atoms with E-state index in [2.05, 4.69) is 26.8 Å². The normalized spacial score (nSPS) is 47.3. The van der Waals surface area contributed by atoms with Crippen molar-refractivity contribution in [3.8, 4) is 0 Å². The standard InChI is InChI=1S/C15H24/c1-11-8-15(5-4-14(11,2)3)9-12-6-13(7-12)10-15/h8,12-13H,4-7,9-10H2,1-3H3. The minimum absolute atomic E-state index is 0.479. The van der Waals surface area contributed by atoms with Crippen LogP contribution in [0.1, 0.15) is 59.3 Å². The average molecular weight is 204 g/mol. The molecule has 3 fully saturated rings. The molecule has 84 valence electrons. The lowest BCUT2D eigenvalue weighted by Crippen LogP contribution is -2.43. The van der Waals surface area contributed by atoms with Gasteiger partial charge in [-0.25, -0.2) is 0 Å². The molecule has 15 heavy (non-hydrogen) atoms. The molecule has 0 saturated heterocycles. The molecule has 2 bridgehead atoms. The van der Waals surface area contributed by atoms with Crippen molar-refractivity contribution in [1.29, 1.82) is 0 Å². The minimum atomic E-state index is 0.479. The first kappa shape index (κ1) is 9.93. The van der Waals surface area contributed by atoms with Gasteiger partial charge in [0.2, 0.25) is 0 Å². The van der Waals surface area contributed by atoms with E-state index in [4.69, 9.17) is 0 Å². The van der Waals surface area contributed by atoms with Crippen LogP contribution in [-0.4, -0.2) is 0 Å². The molecule has 4 aliphatic rings. The second-order valence-electron chi connectivity index (χ2n) is 7.19. The second kappa shape index (κ2) is 2.90. The molecular formula is C15H24. The summed E-state index contributed by atoms with van der Waals surface area (Å²) in [4.78, 5) is 0. The lowest BCUT2D eigenvalue weighted by molar-refractivity contribution is 0.00962. The Morgan fingerprint density at radius 1 is 1.07 bits per heavy atom. The molecule has 0 heteroatoms. The molecule has 0 aromatic rings. The largest absolute Gasteiger partial charge is 0.0788 e. The Labute approximate surface area is 94.1 Å². The summed E-state index contributed by atoms with van der Waals surface area (Å²) < 4.78 is 0. The van der Waals surface area contributed by atoms with Crippen molar-refractivity contribution in [2.24, 2.45) is 22.7 Å². The van der Waals surface area contributed by atoms with Crippen molar-refractivity contribution in [2.75, 3.05) is 0 Å². The quantitative estimate of drug-likeness (QED) is 0.507. The molecule has 4 rings (SSSR count). The third-order valence-electron chi connectivity index (χ3n) is 5.56. The number of allylic oxidation sites excluding steroid dienone is 2. The molecule has 4 aliphatic carbocycles. The van der Waals surface area contributed by atoms with Crippen LogP contribution < -0.4 is 0 Å². The van der Waals surface area contributed by atoms with Crippen LogP contribution in [0.5, 0.6) is 0 Å². The first-order chi connectivity index (χ1) is 6.99. The van der Waals surface area contributed by atoms with E-state index in [-0.39, 0.29) is 0 Å². The molecule has 0 aromatic heterocycles. The molecule has 0 aromatic carbocycles. The molecule has 3 saturated carbocycles. The predicted molar refractivity (Wildman–Crippen MR) is 64.7 cm³/mol. The molecular weight excluding hydrogens is 180 g/mol. The van der Waals surface area contributed by atoms with Crippen molar-refractivity contribution in [2.45, 2.75) is 59.3 Å². The topological polar surface area (TPSA) is 0 Å². The fourth-order valence-corrected chi connectivity index (χ4v) is 4.25. The number of hydrogen-bond donors (Lipinski definition) is 0. The van der Waals surface area contributed by atoms with Gasteiger partial charge in [-0.2, -0.15) is 0 Å². The maximum absolute atomic E-state index is 2.68. The van der Waals surface area contributed by atoms with Crippen molar-refractivity contribution in [3.63, 3.8) is 0 Å². The molecule has 0 unspecified atom stereocenters. The van der Waals surface area contributed by atoms with Crippen LogP contribution >= 0.6 is 0 Å². The monoisotopic (exact) mass is 204 g/mol. The Morgan fingerprint density at radius 3 is 2.20 bits per heavy atom. The van der Waals surface area contributed by atoms with Gasteiger partial charge >= 0.3 is 0 Å². The van der Waals surface area contributed by atoms with Crippen LogP contribution in [0, 0.1) is 22.7 Å². The van der Waals surface area contributed by atoms with Gasteiger partial charge in [0.15, 0.2) is 0 Å². The summed E-state index contributed by atoms with van der Waals surface area (Å²) in [6.45, 7) is 7.19. The van der Waals surface area contributed by atoms with Crippen molar-refractivity contribution in [3.05, 3.63) is 11.6 Å². The van der Waals surface area contributed by atoms with E-state index in [1.807, 2.05) is 0 Å². The smallest absolute Gasteiger partial charge is 0.0110 e. The molecule has 0 atom stereocenters. The van der Waals surface area contributed by atoms with Gasteiger partial charge in [-0.3, -0.25) is 0 Å². The predicted octanol–water partition coefficient (Wildman–Crippen LogP) is 4.56. The molecule has 0 amide bonds. The van der Waals surface area contributed by atoms with Crippen LogP contribution in [0.3, 0.4) is 0 Å². The Bertz CT molecular complexity index is 292. The summed E-state index contributed by atoms with van der Waals surface area (Å²) in [5.74, 6) is 2.18. The lowest BCUT2D eigenvalue weighted by Gasteiger charge is -2.54. The van der Waals surface area contributed by atoms with Gasteiger partial charge in [0.1, 0.15) is 0 Å². The molecule has 0 N–H and O–H groups in total. The molecule has 0 radical (unpaired) electrons. The summed E-state index contributed by atoms with van der Waals surface area (Å²) in [6.07, 6.45) is 11.7. The van der Waals surface area contributed by atoms with Crippen molar-refractivity contribution in [1.82, 2.24) is 0 Å². The highest BCUT2D eigenvalue weighted by molar-refractivity contribution is 5.21. The van der Waals surface area contributed by atoms with Gasteiger partial charge in [0, 0.05) is 0 Å². The summed E-state index contributed by atoms with van der Waals surface area (Å²) >= 11 is 0. The second-order valence-corrected chi connectivity index (χ2v) is 7.19. The van der Waals surface area contributed by atoms with Crippen LogP contribution in [0.25, 0.3) is 0 Å². The Hall–Kier alpha value is -0.260. The van der Waals surface area contributed by atoms with E-state index in [1.54, 1.807) is 18.4 Å². The van der Waals surface area contributed by atoms with E-state index >= 15 is 0 Å². The first-order valence-electron chi connectivity index (χ1n) is 6.69. The SMILES string of the molecule is CC1=CC2(CCC1(C)C)CC1CC(C1)C2. The zero-order chi connectivity index (χ0) is 10.7. The van der Waals surface area contributed by atoms with Crippen LogP contribution in [0.4, 0.5) is 0 Å². The van der Waals surface area contributed by atoms with Crippen LogP contribution in [-0.2, 0) is 0 Å². The highest BCUT2D eigenvalue weighted by Crippen LogP contribution is 2.59. The average Bonchev–Trinajstić information content (AvgIpc) is 2.12. The minimum Gasteiger partial charge on any atom is -0.0788 e. The third kappa shape index (κ3) is 1.48. The lowest BCUT2D eigenvalue weighted by atomic mass is 9.51. The zero-order valence-electron chi connectivity index (χ0n) is 10.5. The van der Waals surface area contributed by atoms with E-state index in [9.17, 15) is 0 Å². The summed E-state index contributed by atoms with van der Waals surface area (Å²) in [5, 5.41) is 0. The third-order valence-corrected chi connectivity index (χ3v) is 5.56. The van der Waals surface area contributed by atoms with Gasteiger partial charge in [0.25, 0.3) is 0 Å². The van der Waals surface area contributed by atoms with Crippen LogP contribution in [0.2, 0.25) is 0 Å². The highest BCUT2D eigenvalue weighted by Gasteiger charge is 2.48. The maximum atomic E-state index is 2.68. The Balaban J connectivity index is 1.86. The maximum Gasteiger partial charge on any atom is -0.0110 e. The van der Waals surface area contributed by atoms with Gasteiger partial charge < -0.3 is 0 Å². The van der Waals surface area contributed by atoms with E-state index in [0.717, 1.165) is 11.8 Å². The van der Waals surface area contributed by atoms with Crippen molar-refractivity contribution >= 4 is 0 Å². The van der Waals surface area contributed by atoms with Crippen LogP contribution in [0.15, 0.2) is 11.6 Å². The molecule has 0 aliphatic heterocycles. The van der Waals surface area contributed by atoms with Gasteiger partial charge in [-0.1, -0.05) is 25.5 Å². The number of hydrogen-bond acceptors (Lipinski definition) is 0. The molecule has 1 spiro atoms. The molecule has 0 nitrogen and oxygen atoms in total. The first-order valence-corrected chi connectivity index (χ1v) is 6.69.